The lowest BCUT2D eigenvalue weighted by Gasteiger charge is -2.16. The van der Waals surface area contributed by atoms with Gasteiger partial charge in [0.05, 0.1) is 5.92 Å². The topological polar surface area (TPSA) is 102 Å². The van der Waals surface area contributed by atoms with Crippen LogP contribution in [-0.2, 0) is 19.1 Å². The van der Waals surface area contributed by atoms with Gasteiger partial charge in [0.1, 0.15) is 13.2 Å². The summed E-state index contributed by atoms with van der Waals surface area (Å²) in [7, 11) is 0. The molecule has 2 N–H and O–H groups in total. The number of carboxylic acid groups (broad SMARTS) is 1. The summed E-state index contributed by atoms with van der Waals surface area (Å²) in [6, 6.07) is 16.1. The quantitative estimate of drug-likeness (QED) is 0.405. The Morgan fingerprint density at radius 1 is 1.03 bits per heavy atom. The Hall–Kier alpha value is -3.61. The number of esters is 1. The highest BCUT2D eigenvalue weighted by atomic mass is 16.5. The van der Waals surface area contributed by atoms with Crippen LogP contribution in [-0.4, -0.2) is 42.9 Å². The van der Waals surface area contributed by atoms with Gasteiger partial charge in [-0.25, -0.2) is 4.79 Å². The monoisotopic (exact) mass is 437 g/mol. The third-order valence-corrected chi connectivity index (χ3v) is 5.48. The van der Waals surface area contributed by atoms with Gasteiger partial charge >= 0.3 is 18.0 Å². The Balaban J connectivity index is 1.48. The van der Waals surface area contributed by atoms with E-state index in [1.165, 1.54) is 6.08 Å². The van der Waals surface area contributed by atoms with Crippen LogP contribution in [0.15, 0.2) is 61.2 Å². The smallest absolute Gasteiger partial charge is 0.407 e. The molecule has 1 amide bonds. The number of hydrogen-bond acceptors (Lipinski definition) is 5. The van der Waals surface area contributed by atoms with Crippen LogP contribution in [0.25, 0.3) is 11.1 Å². The number of carboxylic acids is 1. The van der Waals surface area contributed by atoms with Crippen molar-refractivity contribution in [2.24, 2.45) is 5.92 Å². The summed E-state index contributed by atoms with van der Waals surface area (Å²) < 4.78 is 10.3. The van der Waals surface area contributed by atoms with E-state index in [-0.39, 0.29) is 38.5 Å². The van der Waals surface area contributed by atoms with Crippen LogP contribution in [0.1, 0.15) is 36.3 Å². The van der Waals surface area contributed by atoms with Gasteiger partial charge in [-0.1, -0.05) is 61.2 Å². The van der Waals surface area contributed by atoms with Crippen molar-refractivity contribution in [2.75, 3.05) is 19.8 Å². The average molecular weight is 437 g/mol. The number of ether oxygens (including phenoxy) is 2. The molecule has 32 heavy (non-hydrogen) atoms. The molecule has 0 spiro atoms. The van der Waals surface area contributed by atoms with Gasteiger partial charge in [0, 0.05) is 18.9 Å². The molecule has 7 heteroatoms. The second-order valence-corrected chi connectivity index (χ2v) is 7.61. The van der Waals surface area contributed by atoms with E-state index < -0.39 is 23.9 Å². The van der Waals surface area contributed by atoms with Gasteiger partial charge < -0.3 is 19.9 Å². The fourth-order valence-electron chi connectivity index (χ4n) is 3.89. The zero-order valence-corrected chi connectivity index (χ0v) is 17.8. The molecule has 0 aromatic heterocycles. The Morgan fingerprint density at radius 2 is 1.66 bits per heavy atom. The Morgan fingerprint density at radius 3 is 2.25 bits per heavy atom. The van der Waals surface area contributed by atoms with E-state index in [1.807, 2.05) is 36.4 Å². The van der Waals surface area contributed by atoms with E-state index in [0.717, 1.165) is 22.3 Å². The number of aliphatic carboxylic acids is 1. The van der Waals surface area contributed by atoms with Crippen molar-refractivity contribution in [3.05, 3.63) is 72.3 Å². The van der Waals surface area contributed by atoms with Gasteiger partial charge in [0.2, 0.25) is 0 Å². The van der Waals surface area contributed by atoms with Crippen LogP contribution >= 0.6 is 0 Å². The lowest BCUT2D eigenvalue weighted by Crippen LogP contribution is -2.34. The number of carbonyl (C=O) groups excluding carboxylic acids is 2. The van der Waals surface area contributed by atoms with Gasteiger partial charge in [-0.05, 0) is 35.1 Å². The number of hydrogen-bond donors (Lipinski definition) is 2. The standard InChI is InChI=1S/C25H27NO6/c1-2-14-31-23(27)13-7-8-17(24(28)29)15-26-25(30)32-16-22-20-11-5-3-9-18(20)19-10-4-6-12-21(19)22/h2-6,9-12,17,22H,1,7-8,13-16H2,(H,26,30)(H,28,29)/t17-/m1/s1. The molecule has 0 saturated carbocycles. The molecule has 168 valence electrons. The summed E-state index contributed by atoms with van der Waals surface area (Å²) in [6.07, 6.45) is 1.50. The van der Waals surface area contributed by atoms with E-state index in [9.17, 15) is 19.5 Å². The van der Waals surface area contributed by atoms with Crippen molar-refractivity contribution >= 4 is 18.0 Å². The largest absolute Gasteiger partial charge is 0.481 e. The molecular weight excluding hydrogens is 410 g/mol. The minimum atomic E-state index is -1.04. The molecule has 0 unspecified atom stereocenters. The average Bonchev–Trinajstić information content (AvgIpc) is 3.12. The number of alkyl carbamates (subject to hydrolysis) is 1. The van der Waals surface area contributed by atoms with Crippen LogP contribution in [0.5, 0.6) is 0 Å². The lowest BCUT2D eigenvalue weighted by atomic mass is 9.98. The van der Waals surface area contributed by atoms with E-state index in [1.54, 1.807) is 0 Å². The highest BCUT2D eigenvalue weighted by molar-refractivity contribution is 5.79. The molecule has 7 nitrogen and oxygen atoms in total. The fourth-order valence-corrected chi connectivity index (χ4v) is 3.89. The number of rotatable bonds is 11. The van der Waals surface area contributed by atoms with Crippen LogP contribution in [0.4, 0.5) is 4.79 Å². The van der Waals surface area contributed by atoms with Gasteiger partial charge in [-0.3, -0.25) is 9.59 Å². The normalized spacial score (nSPS) is 12.9. The maximum Gasteiger partial charge on any atom is 0.407 e. The molecule has 0 aliphatic heterocycles. The zero-order chi connectivity index (χ0) is 22.9. The molecule has 3 rings (SSSR count). The molecule has 0 saturated heterocycles. The number of fused-ring (bicyclic) bond motifs is 3. The fraction of sp³-hybridized carbons (Fsp3) is 0.320. The number of amides is 1. The van der Waals surface area contributed by atoms with E-state index >= 15 is 0 Å². The van der Waals surface area contributed by atoms with Crippen molar-refractivity contribution in [1.29, 1.82) is 0 Å². The summed E-state index contributed by atoms with van der Waals surface area (Å²) >= 11 is 0. The van der Waals surface area contributed by atoms with Crippen LogP contribution in [0, 0.1) is 5.92 Å². The Bertz CT molecular complexity index is 940. The molecule has 0 bridgehead atoms. The molecule has 0 heterocycles. The highest BCUT2D eigenvalue weighted by Gasteiger charge is 2.29. The second-order valence-electron chi connectivity index (χ2n) is 7.61. The second kappa shape index (κ2) is 11.1. The van der Waals surface area contributed by atoms with E-state index in [4.69, 9.17) is 9.47 Å². The van der Waals surface area contributed by atoms with E-state index in [0.29, 0.717) is 6.42 Å². The summed E-state index contributed by atoms with van der Waals surface area (Å²) in [5.41, 5.74) is 4.48. The molecule has 1 aliphatic carbocycles. The van der Waals surface area contributed by atoms with Gasteiger partial charge in [-0.2, -0.15) is 0 Å². The first-order valence-electron chi connectivity index (χ1n) is 10.6. The summed E-state index contributed by atoms with van der Waals surface area (Å²) in [4.78, 5) is 35.2. The highest BCUT2D eigenvalue weighted by Crippen LogP contribution is 2.44. The van der Waals surface area contributed by atoms with Crippen molar-refractivity contribution in [1.82, 2.24) is 5.32 Å². The molecular formula is C25H27NO6. The van der Waals surface area contributed by atoms with Gasteiger partial charge in [0.25, 0.3) is 0 Å². The first-order valence-corrected chi connectivity index (χ1v) is 10.6. The predicted molar refractivity (Wildman–Crippen MR) is 119 cm³/mol. The summed E-state index contributed by atoms with van der Waals surface area (Å²) in [6.45, 7) is 3.67. The number of carbonyl (C=O) groups is 3. The van der Waals surface area contributed by atoms with Crippen LogP contribution in [0.3, 0.4) is 0 Å². The van der Waals surface area contributed by atoms with Crippen molar-refractivity contribution in [3.63, 3.8) is 0 Å². The lowest BCUT2D eigenvalue weighted by molar-refractivity contribution is -0.144. The molecule has 0 radical (unpaired) electrons. The minimum absolute atomic E-state index is 0.0648. The van der Waals surface area contributed by atoms with Crippen molar-refractivity contribution in [3.8, 4) is 11.1 Å². The number of benzene rings is 2. The third kappa shape index (κ3) is 5.75. The van der Waals surface area contributed by atoms with Gasteiger partial charge in [0.15, 0.2) is 0 Å². The maximum atomic E-state index is 12.2. The van der Waals surface area contributed by atoms with Crippen molar-refractivity contribution in [2.45, 2.75) is 25.2 Å². The molecule has 2 aromatic carbocycles. The summed E-state index contributed by atoms with van der Waals surface area (Å²) in [5.74, 6) is -2.32. The Kier molecular flexibility index (Phi) is 8.02. The minimum Gasteiger partial charge on any atom is -0.481 e. The van der Waals surface area contributed by atoms with E-state index in [2.05, 4.69) is 24.0 Å². The first kappa shape index (κ1) is 23.1. The van der Waals surface area contributed by atoms with Crippen LogP contribution in [0.2, 0.25) is 0 Å². The molecule has 0 fully saturated rings. The maximum absolute atomic E-state index is 12.2. The third-order valence-electron chi connectivity index (χ3n) is 5.48. The number of nitrogens with one attached hydrogen (secondary N) is 1. The van der Waals surface area contributed by atoms with Crippen LogP contribution < -0.4 is 5.32 Å². The Labute approximate surface area is 187 Å². The molecule has 1 atom stereocenters. The van der Waals surface area contributed by atoms with Crippen molar-refractivity contribution < 1.29 is 29.0 Å². The zero-order valence-electron chi connectivity index (χ0n) is 17.8. The summed E-state index contributed by atoms with van der Waals surface area (Å²) in [5, 5.41) is 11.9. The SMILES string of the molecule is C=CCOC(=O)CCC[C@H](CNC(=O)OCC1c2ccccc2-c2ccccc21)C(=O)O. The molecule has 2 aromatic rings. The first-order chi connectivity index (χ1) is 15.5. The molecule has 1 aliphatic rings. The van der Waals surface area contributed by atoms with Gasteiger partial charge in [-0.15, -0.1) is 0 Å². The predicted octanol–water partition coefficient (Wildman–Crippen LogP) is 4.13.